The molecule has 6 heteroatoms. The van der Waals surface area contributed by atoms with Gasteiger partial charge in [0.25, 0.3) is 5.92 Å². The molecule has 0 aromatic rings. The standard InChI is InChI=1S/C6H9F2NO3/c7-6(8)1-2-9(5(11)12)3-4(6)10/h4,10H,1-3H2,(H,11,12)/t4-/m0/s1. The van der Waals surface area contributed by atoms with Crippen molar-refractivity contribution in [3.8, 4) is 0 Å². The largest absolute Gasteiger partial charge is 0.465 e. The van der Waals surface area contributed by atoms with E-state index in [2.05, 4.69) is 0 Å². The van der Waals surface area contributed by atoms with Crippen molar-refractivity contribution >= 4 is 6.09 Å². The number of alkyl halides is 2. The van der Waals surface area contributed by atoms with E-state index in [0.29, 0.717) is 0 Å². The Hall–Kier alpha value is -0.910. The zero-order chi connectivity index (χ0) is 9.35. The predicted molar refractivity (Wildman–Crippen MR) is 35.2 cm³/mol. The van der Waals surface area contributed by atoms with Gasteiger partial charge in [-0.1, -0.05) is 0 Å². The van der Waals surface area contributed by atoms with E-state index in [1.807, 2.05) is 0 Å². The molecule has 1 saturated heterocycles. The summed E-state index contributed by atoms with van der Waals surface area (Å²) >= 11 is 0. The molecular weight excluding hydrogens is 172 g/mol. The first-order chi connectivity index (χ1) is 5.43. The molecule has 1 fully saturated rings. The van der Waals surface area contributed by atoms with Crippen LogP contribution in [0.3, 0.4) is 0 Å². The number of rotatable bonds is 0. The summed E-state index contributed by atoms with van der Waals surface area (Å²) in [6, 6.07) is 0. The van der Waals surface area contributed by atoms with Crippen LogP contribution in [-0.2, 0) is 0 Å². The molecule has 70 valence electrons. The lowest BCUT2D eigenvalue weighted by molar-refractivity contribution is -0.142. The summed E-state index contributed by atoms with van der Waals surface area (Å²) < 4.78 is 25.1. The molecule has 1 atom stereocenters. The molecule has 0 aliphatic carbocycles. The quantitative estimate of drug-likeness (QED) is 0.567. The predicted octanol–water partition coefficient (Wildman–Crippen LogP) is 0.366. The van der Waals surface area contributed by atoms with Crippen molar-refractivity contribution in [1.29, 1.82) is 0 Å². The highest BCUT2D eigenvalue weighted by Crippen LogP contribution is 2.27. The Morgan fingerprint density at radius 1 is 1.58 bits per heavy atom. The molecular formula is C6H9F2NO3. The SMILES string of the molecule is O=C(O)N1CCC(F)(F)[C@@H](O)C1. The molecule has 2 N–H and O–H groups in total. The second-order valence-corrected chi connectivity index (χ2v) is 2.76. The van der Waals surface area contributed by atoms with Gasteiger partial charge in [0.05, 0.1) is 6.54 Å². The fraction of sp³-hybridized carbons (Fsp3) is 0.833. The second-order valence-electron chi connectivity index (χ2n) is 2.76. The van der Waals surface area contributed by atoms with Crippen molar-refractivity contribution in [3.63, 3.8) is 0 Å². The number of aliphatic hydroxyl groups excluding tert-OH is 1. The number of likely N-dealkylation sites (tertiary alicyclic amines) is 1. The normalized spacial score (nSPS) is 28.6. The lowest BCUT2D eigenvalue weighted by Crippen LogP contribution is -2.52. The third-order valence-corrected chi connectivity index (χ3v) is 1.87. The fourth-order valence-electron chi connectivity index (χ4n) is 1.06. The molecule has 1 amide bonds. The Bertz CT molecular complexity index is 197. The molecule has 0 spiro atoms. The molecule has 4 nitrogen and oxygen atoms in total. The van der Waals surface area contributed by atoms with E-state index in [0.717, 1.165) is 4.90 Å². The van der Waals surface area contributed by atoms with Gasteiger partial charge in [0.1, 0.15) is 6.10 Å². The second kappa shape index (κ2) is 2.85. The van der Waals surface area contributed by atoms with Gasteiger partial charge in [-0.3, -0.25) is 0 Å². The Morgan fingerprint density at radius 3 is 2.58 bits per heavy atom. The van der Waals surface area contributed by atoms with Gasteiger partial charge < -0.3 is 15.1 Å². The lowest BCUT2D eigenvalue weighted by Gasteiger charge is -2.33. The molecule has 12 heavy (non-hydrogen) atoms. The first kappa shape index (κ1) is 9.18. The highest BCUT2D eigenvalue weighted by Gasteiger charge is 2.44. The zero-order valence-electron chi connectivity index (χ0n) is 6.20. The minimum atomic E-state index is -3.15. The summed E-state index contributed by atoms with van der Waals surface area (Å²) in [5.74, 6) is -3.15. The summed E-state index contributed by atoms with van der Waals surface area (Å²) in [5, 5.41) is 17.2. The molecule has 0 aromatic carbocycles. The molecule has 0 bridgehead atoms. The number of hydrogen-bond acceptors (Lipinski definition) is 2. The van der Waals surface area contributed by atoms with Crippen molar-refractivity contribution in [2.45, 2.75) is 18.4 Å². The van der Waals surface area contributed by atoms with E-state index in [1.54, 1.807) is 0 Å². The number of halogens is 2. The van der Waals surface area contributed by atoms with Crippen molar-refractivity contribution in [2.24, 2.45) is 0 Å². The van der Waals surface area contributed by atoms with Gasteiger partial charge >= 0.3 is 6.09 Å². The van der Waals surface area contributed by atoms with E-state index in [1.165, 1.54) is 0 Å². The van der Waals surface area contributed by atoms with Gasteiger partial charge in [-0.2, -0.15) is 0 Å². The van der Waals surface area contributed by atoms with Crippen LogP contribution in [0.4, 0.5) is 13.6 Å². The van der Waals surface area contributed by atoms with Crippen LogP contribution in [0.5, 0.6) is 0 Å². The number of carboxylic acid groups (broad SMARTS) is 1. The molecule has 0 saturated carbocycles. The Kier molecular flexibility index (Phi) is 2.18. The summed E-state index contributed by atoms with van der Waals surface area (Å²) in [7, 11) is 0. The van der Waals surface area contributed by atoms with Crippen LogP contribution in [0.25, 0.3) is 0 Å². The van der Waals surface area contributed by atoms with Crippen molar-refractivity contribution in [2.75, 3.05) is 13.1 Å². The smallest absolute Gasteiger partial charge is 0.407 e. The number of amides is 1. The average molecular weight is 181 g/mol. The number of aliphatic hydroxyl groups is 1. The van der Waals surface area contributed by atoms with Gasteiger partial charge in [0.15, 0.2) is 0 Å². The van der Waals surface area contributed by atoms with Crippen LogP contribution in [0.2, 0.25) is 0 Å². The van der Waals surface area contributed by atoms with Crippen molar-refractivity contribution < 1.29 is 23.8 Å². The van der Waals surface area contributed by atoms with Crippen LogP contribution in [0.1, 0.15) is 6.42 Å². The van der Waals surface area contributed by atoms with Gasteiger partial charge in [-0.25, -0.2) is 13.6 Å². The summed E-state index contributed by atoms with van der Waals surface area (Å²) in [4.78, 5) is 11.1. The van der Waals surface area contributed by atoms with Crippen LogP contribution in [-0.4, -0.2) is 46.3 Å². The van der Waals surface area contributed by atoms with Crippen molar-refractivity contribution in [3.05, 3.63) is 0 Å². The number of nitrogens with zero attached hydrogens (tertiary/aromatic N) is 1. The van der Waals surface area contributed by atoms with Crippen LogP contribution in [0, 0.1) is 0 Å². The average Bonchev–Trinajstić information content (AvgIpc) is 1.94. The van der Waals surface area contributed by atoms with Gasteiger partial charge in [0.2, 0.25) is 0 Å². The summed E-state index contributed by atoms with van der Waals surface area (Å²) in [5.41, 5.74) is 0. The minimum absolute atomic E-state index is 0.223. The molecule has 1 aliphatic heterocycles. The molecule has 0 unspecified atom stereocenters. The topological polar surface area (TPSA) is 60.8 Å². The fourth-order valence-corrected chi connectivity index (χ4v) is 1.06. The highest BCUT2D eigenvalue weighted by molar-refractivity contribution is 5.65. The number of β-amino-alcohol motifs (C(OH)–C–C–N with tert-alkyl or cyclic N) is 1. The van der Waals surface area contributed by atoms with E-state index in [-0.39, 0.29) is 6.54 Å². The molecule has 0 aromatic heterocycles. The van der Waals surface area contributed by atoms with Crippen LogP contribution < -0.4 is 0 Å². The minimum Gasteiger partial charge on any atom is -0.465 e. The zero-order valence-corrected chi connectivity index (χ0v) is 6.20. The number of hydrogen-bond donors (Lipinski definition) is 2. The van der Waals surface area contributed by atoms with Gasteiger partial charge in [-0.05, 0) is 0 Å². The van der Waals surface area contributed by atoms with Crippen LogP contribution in [0.15, 0.2) is 0 Å². The maximum atomic E-state index is 12.6. The Balaban J connectivity index is 2.58. The van der Waals surface area contributed by atoms with Gasteiger partial charge in [0, 0.05) is 13.0 Å². The summed E-state index contributed by atoms with van der Waals surface area (Å²) in [6.45, 7) is -0.734. The Morgan fingerprint density at radius 2 is 2.17 bits per heavy atom. The first-order valence-electron chi connectivity index (χ1n) is 3.47. The monoisotopic (exact) mass is 181 g/mol. The van der Waals surface area contributed by atoms with E-state index >= 15 is 0 Å². The molecule has 1 aliphatic rings. The first-order valence-corrected chi connectivity index (χ1v) is 3.47. The highest BCUT2D eigenvalue weighted by atomic mass is 19.3. The molecule has 0 radical (unpaired) electrons. The molecule has 1 heterocycles. The van der Waals surface area contributed by atoms with Crippen LogP contribution >= 0.6 is 0 Å². The maximum Gasteiger partial charge on any atom is 0.407 e. The van der Waals surface area contributed by atoms with E-state index in [9.17, 15) is 13.6 Å². The van der Waals surface area contributed by atoms with Gasteiger partial charge in [-0.15, -0.1) is 0 Å². The number of carbonyl (C=O) groups is 1. The lowest BCUT2D eigenvalue weighted by atomic mass is 10.0. The third kappa shape index (κ3) is 1.63. The van der Waals surface area contributed by atoms with E-state index in [4.69, 9.17) is 10.2 Å². The van der Waals surface area contributed by atoms with Crippen molar-refractivity contribution in [1.82, 2.24) is 4.90 Å². The maximum absolute atomic E-state index is 12.6. The molecule has 1 rings (SSSR count). The summed E-state index contributed by atoms with van der Waals surface area (Å²) in [6.07, 6.45) is -3.76. The Labute approximate surface area is 67.4 Å². The number of piperidine rings is 1. The third-order valence-electron chi connectivity index (χ3n) is 1.87. The van der Waals surface area contributed by atoms with E-state index < -0.39 is 31.1 Å².